The van der Waals surface area contributed by atoms with Crippen molar-refractivity contribution in [2.24, 2.45) is 0 Å². The first kappa shape index (κ1) is 15.1. The monoisotopic (exact) mass is 334 g/mol. The number of ether oxygens (including phenoxy) is 1. The van der Waals surface area contributed by atoms with E-state index in [-0.39, 0.29) is 0 Å². The zero-order valence-corrected chi connectivity index (χ0v) is 13.8. The fraction of sp³-hybridized carbons (Fsp3) is 0.294. The predicted octanol–water partition coefficient (Wildman–Crippen LogP) is 4.46. The Kier molecular flexibility index (Phi) is 4.51. The van der Waals surface area contributed by atoms with Gasteiger partial charge in [0.05, 0.1) is 7.11 Å². The molecule has 0 spiro atoms. The van der Waals surface area contributed by atoms with E-state index >= 15 is 0 Å². The van der Waals surface area contributed by atoms with Crippen molar-refractivity contribution in [1.29, 1.82) is 0 Å². The highest BCUT2D eigenvalue weighted by Crippen LogP contribution is 2.38. The molecule has 2 aromatic rings. The summed E-state index contributed by atoms with van der Waals surface area (Å²) in [7, 11) is 1.64. The topological polar surface area (TPSA) is 29.5 Å². The number of aryl methyl sites for hydroxylation is 2. The molecule has 0 aliphatic heterocycles. The van der Waals surface area contributed by atoms with Gasteiger partial charge in [0.15, 0.2) is 0 Å². The lowest BCUT2D eigenvalue weighted by Gasteiger charge is -2.21. The number of rotatable bonds is 3. The number of methoxy groups -OCH3 is 1. The van der Waals surface area contributed by atoms with E-state index in [1.165, 1.54) is 0 Å². The molecular weight excluding hydrogens is 316 g/mol. The minimum atomic E-state index is -0.693. The summed E-state index contributed by atoms with van der Waals surface area (Å²) in [6.45, 7) is 5.99. The van der Waals surface area contributed by atoms with Crippen molar-refractivity contribution < 1.29 is 9.84 Å². The number of benzene rings is 2. The van der Waals surface area contributed by atoms with Crippen LogP contribution >= 0.6 is 15.9 Å². The summed E-state index contributed by atoms with van der Waals surface area (Å²) < 4.78 is 6.49. The van der Waals surface area contributed by atoms with Crippen LogP contribution in [0.2, 0.25) is 0 Å². The molecule has 20 heavy (non-hydrogen) atoms. The van der Waals surface area contributed by atoms with Gasteiger partial charge in [-0.15, -0.1) is 0 Å². The largest absolute Gasteiger partial charge is 0.496 e. The van der Waals surface area contributed by atoms with Crippen LogP contribution in [0.1, 0.15) is 33.9 Å². The molecule has 0 radical (unpaired) electrons. The summed E-state index contributed by atoms with van der Waals surface area (Å²) in [6.07, 6.45) is -0.693. The van der Waals surface area contributed by atoms with Crippen LogP contribution < -0.4 is 4.74 Å². The van der Waals surface area contributed by atoms with E-state index in [2.05, 4.69) is 15.9 Å². The van der Waals surface area contributed by atoms with Gasteiger partial charge in [0.1, 0.15) is 11.9 Å². The Morgan fingerprint density at radius 1 is 1.15 bits per heavy atom. The molecule has 0 heterocycles. The normalized spacial score (nSPS) is 12.3. The van der Waals surface area contributed by atoms with E-state index in [1.54, 1.807) is 7.11 Å². The molecule has 3 heteroatoms. The Bertz CT molecular complexity index is 635. The van der Waals surface area contributed by atoms with Crippen molar-refractivity contribution in [3.8, 4) is 5.75 Å². The summed E-state index contributed by atoms with van der Waals surface area (Å²) >= 11 is 3.55. The highest BCUT2D eigenvalue weighted by Gasteiger charge is 2.21. The van der Waals surface area contributed by atoms with Crippen LogP contribution in [-0.2, 0) is 0 Å². The summed E-state index contributed by atoms with van der Waals surface area (Å²) in [4.78, 5) is 0. The van der Waals surface area contributed by atoms with Crippen LogP contribution in [0.25, 0.3) is 0 Å². The van der Waals surface area contributed by atoms with E-state index in [9.17, 15) is 5.11 Å². The maximum absolute atomic E-state index is 10.8. The van der Waals surface area contributed by atoms with Crippen molar-refractivity contribution in [2.45, 2.75) is 26.9 Å². The summed E-state index contributed by atoms with van der Waals surface area (Å²) in [5.74, 6) is 0.750. The van der Waals surface area contributed by atoms with Gasteiger partial charge in [0.25, 0.3) is 0 Å². The van der Waals surface area contributed by atoms with Crippen LogP contribution in [0.4, 0.5) is 0 Å². The molecule has 0 aliphatic carbocycles. The molecule has 2 rings (SSSR count). The second-order valence-electron chi connectivity index (χ2n) is 5.06. The molecule has 2 aromatic carbocycles. The predicted molar refractivity (Wildman–Crippen MR) is 85.4 cm³/mol. The van der Waals surface area contributed by atoms with Crippen LogP contribution in [0.3, 0.4) is 0 Å². The van der Waals surface area contributed by atoms with Crippen molar-refractivity contribution >= 4 is 15.9 Å². The van der Waals surface area contributed by atoms with Gasteiger partial charge in [0, 0.05) is 10.0 Å². The third kappa shape index (κ3) is 2.74. The minimum absolute atomic E-state index is 0.693. The number of aliphatic hydroxyl groups is 1. The molecule has 0 aliphatic rings. The molecule has 1 atom stereocenters. The maximum atomic E-state index is 10.8. The standard InChI is InChI=1S/C17H19BrO2/c1-10-6-5-7-13(8-10)16(19)15-12(3)14(18)9-11(2)17(15)20-4/h5-9,16,19H,1-4H3. The fourth-order valence-corrected chi connectivity index (χ4v) is 3.04. The Hall–Kier alpha value is -1.32. The van der Waals surface area contributed by atoms with Gasteiger partial charge in [-0.1, -0.05) is 45.8 Å². The van der Waals surface area contributed by atoms with Crippen molar-refractivity contribution in [3.05, 3.63) is 62.6 Å². The fourth-order valence-electron chi connectivity index (χ4n) is 2.48. The zero-order chi connectivity index (χ0) is 14.9. The zero-order valence-electron chi connectivity index (χ0n) is 12.2. The third-order valence-electron chi connectivity index (χ3n) is 3.54. The summed E-state index contributed by atoms with van der Waals surface area (Å²) in [5.41, 5.74) is 4.84. The van der Waals surface area contributed by atoms with Gasteiger partial charge in [0.2, 0.25) is 0 Å². The lowest BCUT2D eigenvalue weighted by atomic mass is 9.94. The minimum Gasteiger partial charge on any atom is -0.496 e. The first-order chi connectivity index (χ1) is 9.45. The van der Waals surface area contributed by atoms with Gasteiger partial charge in [-0.25, -0.2) is 0 Å². The van der Waals surface area contributed by atoms with E-state index in [1.807, 2.05) is 51.1 Å². The highest BCUT2D eigenvalue weighted by atomic mass is 79.9. The second kappa shape index (κ2) is 5.98. The molecule has 1 N–H and O–H groups in total. The molecule has 106 valence electrons. The lowest BCUT2D eigenvalue weighted by Crippen LogP contribution is -2.07. The molecule has 0 amide bonds. The second-order valence-corrected chi connectivity index (χ2v) is 5.92. The van der Waals surface area contributed by atoms with E-state index in [4.69, 9.17) is 4.74 Å². The average Bonchev–Trinajstić information content (AvgIpc) is 2.41. The Morgan fingerprint density at radius 3 is 2.45 bits per heavy atom. The van der Waals surface area contributed by atoms with Gasteiger partial charge >= 0.3 is 0 Å². The third-order valence-corrected chi connectivity index (χ3v) is 4.37. The molecule has 0 fully saturated rings. The number of halogens is 1. The number of aliphatic hydroxyl groups excluding tert-OH is 1. The van der Waals surface area contributed by atoms with E-state index < -0.39 is 6.10 Å². The lowest BCUT2D eigenvalue weighted by molar-refractivity contribution is 0.213. The molecule has 1 unspecified atom stereocenters. The number of hydrogen-bond acceptors (Lipinski definition) is 2. The van der Waals surface area contributed by atoms with E-state index in [0.717, 1.165) is 38.0 Å². The van der Waals surface area contributed by atoms with Gasteiger partial charge in [-0.05, 0) is 43.5 Å². The molecule has 0 aromatic heterocycles. The van der Waals surface area contributed by atoms with Crippen LogP contribution in [-0.4, -0.2) is 12.2 Å². The first-order valence-corrected chi connectivity index (χ1v) is 7.33. The van der Waals surface area contributed by atoms with Crippen molar-refractivity contribution in [3.63, 3.8) is 0 Å². The Balaban J connectivity index is 2.62. The Labute approximate surface area is 128 Å². The van der Waals surface area contributed by atoms with Crippen LogP contribution in [0.15, 0.2) is 34.8 Å². The Morgan fingerprint density at radius 2 is 1.85 bits per heavy atom. The van der Waals surface area contributed by atoms with Gasteiger partial charge in [-0.2, -0.15) is 0 Å². The van der Waals surface area contributed by atoms with Gasteiger partial charge in [-0.3, -0.25) is 0 Å². The molecule has 0 saturated heterocycles. The van der Waals surface area contributed by atoms with Gasteiger partial charge < -0.3 is 9.84 Å². The summed E-state index contributed by atoms with van der Waals surface area (Å²) in [5, 5.41) is 10.8. The average molecular weight is 335 g/mol. The van der Waals surface area contributed by atoms with Crippen LogP contribution in [0.5, 0.6) is 5.75 Å². The smallest absolute Gasteiger partial charge is 0.128 e. The quantitative estimate of drug-likeness (QED) is 0.897. The first-order valence-electron chi connectivity index (χ1n) is 6.54. The molecule has 2 nitrogen and oxygen atoms in total. The molecular formula is C17H19BrO2. The van der Waals surface area contributed by atoms with Crippen molar-refractivity contribution in [2.75, 3.05) is 7.11 Å². The van der Waals surface area contributed by atoms with Crippen molar-refractivity contribution in [1.82, 2.24) is 0 Å². The molecule has 0 bridgehead atoms. The summed E-state index contributed by atoms with van der Waals surface area (Å²) in [6, 6.07) is 9.93. The SMILES string of the molecule is COc1c(C)cc(Br)c(C)c1C(O)c1cccc(C)c1. The van der Waals surface area contributed by atoms with E-state index in [0.29, 0.717) is 0 Å². The molecule has 0 saturated carbocycles. The van der Waals surface area contributed by atoms with Crippen LogP contribution in [0, 0.1) is 20.8 Å². The number of hydrogen-bond donors (Lipinski definition) is 1. The maximum Gasteiger partial charge on any atom is 0.128 e. The highest BCUT2D eigenvalue weighted by molar-refractivity contribution is 9.10.